The van der Waals surface area contributed by atoms with Crippen molar-refractivity contribution < 1.29 is 4.74 Å². The number of guanidine groups is 1. The molecule has 2 rings (SSSR count). The average Bonchev–Trinajstić information content (AvgIpc) is 3.01. The van der Waals surface area contributed by atoms with Gasteiger partial charge in [0.1, 0.15) is 11.9 Å². The summed E-state index contributed by atoms with van der Waals surface area (Å²) in [5.41, 5.74) is 2.39. The van der Waals surface area contributed by atoms with Gasteiger partial charge in [-0.15, -0.1) is 0 Å². The highest BCUT2D eigenvalue weighted by Crippen LogP contribution is 2.14. The van der Waals surface area contributed by atoms with Gasteiger partial charge in [-0.25, -0.2) is 4.99 Å². The van der Waals surface area contributed by atoms with E-state index in [-0.39, 0.29) is 6.10 Å². The molecular weight excluding hydrogens is 326 g/mol. The lowest BCUT2D eigenvalue weighted by Crippen LogP contribution is -2.38. The Morgan fingerprint density at radius 3 is 2.81 bits per heavy atom. The van der Waals surface area contributed by atoms with E-state index in [1.807, 2.05) is 36.0 Å². The summed E-state index contributed by atoms with van der Waals surface area (Å²) in [7, 11) is 0. The van der Waals surface area contributed by atoms with Gasteiger partial charge in [-0.05, 0) is 57.4 Å². The van der Waals surface area contributed by atoms with E-state index in [0.717, 1.165) is 37.8 Å². The fourth-order valence-corrected chi connectivity index (χ4v) is 2.56. The molecule has 2 N–H and O–H groups in total. The number of nitrogens with zero attached hydrogens (tertiary/aromatic N) is 3. The molecule has 0 aliphatic heterocycles. The number of ether oxygens (including phenoxy) is 1. The van der Waals surface area contributed by atoms with E-state index >= 15 is 0 Å². The molecule has 0 amide bonds. The topological polar surface area (TPSA) is 63.5 Å². The van der Waals surface area contributed by atoms with E-state index in [0.29, 0.717) is 6.54 Å². The van der Waals surface area contributed by atoms with Crippen molar-refractivity contribution in [1.82, 2.24) is 20.4 Å². The second-order valence-corrected chi connectivity index (χ2v) is 6.53. The molecule has 6 nitrogen and oxygen atoms in total. The van der Waals surface area contributed by atoms with E-state index in [9.17, 15) is 0 Å². The molecule has 1 atom stereocenters. The smallest absolute Gasteiger partial charge is 0.191 e. The highest BCUT2D eigenvalue weighted by molar-refractivity contribution is 5.79. The summed E-state index contributed by atoms with van der Waals surface area (Å²) in [5.74, 6) is 1.71. The zero-order valence-electron chi connectivity index (χ0n) is 16.3. The van der Waals surface area contributed by atoms with Gasteiger partial charge < -0.3 is 15.4 Å². The maximum absolute atomic E-state index is 5.94. The summed E-state index contributed by atoms with van der Waals surface area (Å²) in [4.78, 5) is 4.63. The third-order valence-electron chi connectivity index (χ3n) is 3.80. The van der Waals surface area contributed by atoms with Gasteiger partial charge in [0, 0.05) is 25.8 Å². The van der Waals surface area contributed by atoms with Crippen LogP contribution < -0.4 is 15.4 Å². The quantitative estimate of drug-likeness (QED) is 0.411. The van der Waals surface area contributed by atoms with Crippen LogP contribution in [0.5, 0.6) is 5.75 Å². The molecule has 1 heterocycles. The number of hydrogen-bond acceptors (Lipinski definition) is 3. The predicted octanol–water partition coefficient (Wildman–Crippen LogP) is 2.91. The van der Waals surface area contributed by atoms with Crippen molar-refractivity contribution in [2.45, 2.75) is 46.8 Å². The number of aliphatic imine (C=N–C) groups is 1. The Hall–Kier alpha value is -2.50. The molecule has 1 aromatic carbocycles. The molecule has 26 heavy (non-hydrogen) atoms. The lowest BCUT2D eigenvalue weighted by molar-refractivity contribution is 0.230. The van der Waals surface area contributed by atoms with Crippen LogP contribution in [0.4, 0.5) is 0 Å². The van der Waals surface area contributed by atoms with E-state index in [1.165, 1.54) is 11.1 Å². The molecule has 142 valence electrons. The first-order valence-electron chi connectivity index (χ1n) is 9.31. The van der Waals surface area contributed by atoms with Gasteiger partial charge in [0.2, 0.25) is 0 Å². The molecule has 0 aliphatic rings. The standard InChI is InChI=1S/C20H31N5O/c1-5-21-20(22-10-7-11-25-15-17(3)13-24-25)23-14-18(4)26-19-9-6-8-16(2)12-19/h6,8-9,12-13,15,18H,5,7,10-11,14H2,1-4H3,(H2,21,22,23). The minimum atomic E-state index is 0.0132. The summed E-state index contributed by atoms with van der Waals surface area (Å²) in [6.07, 6.45) is 4.94. The Morgan fingerprint density at radius 2 is 2.12 bits per heavy atom. The molecule has 0 fully saturated rings. The van der Waals surface area contributed by atoms with Crippen molar-refractivity contribution in [2.75, 3.05) is 19.6 Å². The third-order valence-corrected chi connectivity index (χ3v) is 3.80. The van der Waals surface area contributed by atoms with Crippen molar-refractivity contribution in [1.29, 1.82) is 0 Å². The zero-order valence-corrected chi connectivity index (χ0v) is 16.3. The minimum Gasteiger partial charge on any atom is -0.489 e. The zero-order chi connectivity index (χ0) is 18.8. The van der Waals surface area contributed by atoms with E-state index in [2.05, 4.69) is 53.8 Å². The van der Waals surface area contributed by atoms with E-state index in [1.54, 1.807) is 0 Å². The number of hydrogen-bond donors (Lipinski definition) is 2. The fourth-order valence-electron chi connectivity index (χ4n) is 2.56. The Kier molecular flexibility index (Phi) is 7.99. The first-order valence-corrected chi connectivity index (χ1v) is 9.31. The van der Waals surface area contributed by atoms with Crippen molar-refractivity contribution in [3.05, 3.63) is 47.8 Å². The number of benzene rings is 1. The SMILES string of the molecule is CCNC(=NCC(C)Oc1cccc(C)c1)NCCCn1cc(C)cn1. The van der Waals surface area contributed by atoms with E-state index < -0.39 is 0 Å². The molecule has 6 heteroatoms. The number of aryl methyl sites for hydroxylation is 3. The summed E-state index contributed by atoms with van der Waals surface area (Å²) in [6, 6.07) is 8.09. The minimum absolute atomic E-state index is 0.0132. The summed E-state index contributed by atoms with van der Waals surface area (Å²) >= 11 is 0. The molecule has 1 unspecified atom stereocenters. The van der Waals surface area contributed by atoms with Crippen LogP contribution in [0.15, 0.2) is 41.7 Å². The van der Waals surface area contributed by atoms with Crippen LogP contribution in [0.3, 0.4) is 0 Å². The lowest BCUT2D eigenvalue weighted by atomic mass is 10.2. The molecule has 0 saturated heterocycles. The fraction of sp³-hybridized carbons (Fsp3) is 0.500. The van der Waals surface area contributed by atoms with Crippen LogP contribution in [-0.2, 0) is 6.54 Å². The molecule has 0 spiro atoms. The van der Waals surface area contributed by atoms with Crippen LogP contribution in [0.2, 0.25) is 0 Å². The maximum Gasteiger partial charge on any atom is 0.191 e. The van der Waals surface area contributed by atoms with Crippen LogP contribution in [-0.4, -0.2) is 41.5 Å². The molecule has 1 aromatic heterocycles. The Morgan fingerprint density at radius 1 is 1.27 bits per heavy atom. The molecule has 2 aromatic rings. The number of nitrogens with one attached hydrogen (secondary N) is 2. The largest absolute Gasteiger partial charge is 0.489 e. The van der Waals surface area contributed by atoms with Gasteiger partial charge >= 0.3 is 0 Å². The lowest BCUT2D eigenvalue weighted by Gasteiger charge is -2.15. The maximum atomic E-state index is 5.94. The van der Waals surface area contributed by atoms with Crippen molar-refractivity contribution in [3.8, 4) is 5.75 Å². The second kappa shape index (κ2) is 10.5. The summed E-state index contributed by atoms with van der Waals surface area (Å²) in [6.45, 7) is 11.4. The number of rotatable bonds is 9. The third kappa shape index (κ3) is 7.17. The van der Waals surface area contributed by atoms with Crippen molar-refractivity contribution in [2.24, 2.45) is 4.99 Å². The van der Waals surface area contributed by atoms with Crippen LogP contribution in [0, 0.1) is 13.8 Å². The number of aromatic nitrogens is 2. The molecule has 0 radical (unpaired) electrons. The van der Waals surface area contributed by atoms with Crippen molar-refractivity contribution >= 4 is 5.96 Å². The Labute approximate surface area is 156 Å². The van der Waals surface area contributed by atoms with Crippen LogP contribution >= 0.6 is 0 Å². The van der Waals surface area contributed by atoms with Crippen LogP contribution in [0.25, 0.3) is 0 Å². The van der Waals surface area contributed by atoms with Gasteiger partial charge in [0.25, 0.3) is 0 Å². The highest BCUT2D eigenvalue weighted by atomic mass is 16.5. The summed E-state index contributed by atoms with van der Waals surface area (Å²) < 4.78 is 7.91. The monoisotopic (exact) mass is 357 g/mol. The Balaban J connectivity index is 1.75. The first-order chi connectivity index (χ1) is 12.6. The molecule has 0 aliphatic carbocycles. The van der Waals surface area contributed by atoms with Crippen molar-refractivity contribution in [3.63, 3.8) is 0 Å². The normalized spacial score (nSPS) is 12.7. The average molecular weight is 358 g/mol. The van der Waals surface area contributed by atoms with Gasteiger partial charge in [-0.1, -0.05) is 12.1 Å². The highest BCUT2D eigenvalue weighted by Gasteiger charge is 2.05. The van der Waals surface area contributed by atoms with Gasteiger partial charge in [0.05, 0.1) is 12.7 Å². The second-order valence-electron chi connectivity index (χ2n) is 6.53. The molecular formula is C20H31N5O. The van der Waals surface area contributed by atoms with Crippen LogP contribution in [0.1, 0.15) is 31.4 Å². The first kappa shape index (κ1) is 19.8. The molecule has 0 bridgehead atoms. The van der Waals surface area contributed by atoms with E-state index in [4.69, 9.17) is 4.74 Å². The molecule has 0 saturated carbocycles. The van der Waals surface area contributed by atoms with Gasteiger partial charge in [0.15, 0.2) is 5.96 Å². The Bertz CT molecular complexity index is 695. The van der Waals surface area contributed by atoms with Gasteiger partial charge in [-0.3, -0.25) is 4.68 Å². The summed E-state index contributed by atoms with van der Waals surface area (Å²) in [5, 5.41) is 10.9. The predicted molar refractivity (Wildman–Crippen MR) is 107 cm³/mol. The van der Waals surface area contributed by atoms with Gasteiger partial charge in [-0.2, -0.15) is 5.10 Å².